The molecule has 0 radical (unpaired) electrons. The molecule has 0 fully saturated rings. The molecule has 0 amide bonds. The third-order valence-electron chi connectivity index (χ3n) is 2.35. The van der Waals surface area contributed by atoms with E-state index in [1.165, 1.54) is 15.8 Å². The fraction of sp³-hybridized carbons (Fsp3) is 0.0909. The minimum Gasteiger partial charge on any atom is -0.241 e. The highest BCUT2D eigenvalue weighted by atomic mass is 32.1. The summed E-state index contributed by atoms with van der Waals surface area (Å²) in [6.45, 7) is 2.04. The zero-order valence-electron chi connectivity index (χ0n) is 8.10. The van der Waals surface area contributed by atoms with Crippen molar-refractivity contribution in [2.75, 3.05) is 0 Å². The summed E-state index contributed by atoms with van der Waals surface area (Å²) in [5, 5.41) is 5.46. The van der Waals surface area contributed by atoms with E-state index in [4.69, 9.17) is 0 Å². The second-order valence-corrected chi connectivity index (χ2v) is 5.07. The molecule has 2 nitrogen and oxygen atoms in total. The van der Waals surface area contributed by atoms with Gasteiger partial charge in [-0.2, -0.15) is 0 Å². The summed E-state index contributed by atoms with van der Waals surface area (Å²) in [4.78, 5) is 10.9. The molecule has 0 aromatic carbocycles. The summed E-state index contributed by atoms with van der Waals surface area (Å²) in [6, 6.07) is 4.21. The zero-order valence-corrected chi connectivity index (χ0v) is 9.73. The molecule has 4 heteroatoms. The number of aryl methyl sites for hydroxylation is 1. The standard InChI is InChI=1S/C11H8N2S2/c1-7-10-8(9-3-2-4-14-9)5-15-11(10)13-6-12-7/h2-6H,1H3. The predicted molar refractivity (Wildman–Crippen MR) is 65.5 cm³/mol. The van der Waals surface area contributed by atoms with Crippen LogP contribution in [0.2, 0.25) is 0 Å². The maximum Gasteiger partial charge on any atom is 0.127 e. The first-order valence-electron chi connectivity index (χ1n) is 4.59. The monoisotopic (exact) mass is 232 g/mol. The second kappa shape index (κ2) is 3.40. The van der Waals surface area contributed by atoms with Gasteiger partial charge in [0.15, 0.2) is 0 Å². The van der Waals surface area contributed by atoms with Gasteiger partial charge in [-0.1, -0.05) is 6.07 Å². The van der Waals surface area contributed by atoms with E-state index in [2.05, 4.69) is 32.9 Å². The van der Waals surface area contributed by atoms with Crippen LogP contribution in [0.5, 0.6) is 0 Å². The highest BCUT2D eigenvalue weighted by molar-refractivity contribution is 7.18. The summed E-state index contributed by atoms with van der Waals surface area (Å²) in [6.07, 6.45) is 1.63. The summed E-state index contributed by atoms with van der Waals surface area (Å²) < 4.78 is 0. The van der Waals surface area contributed by atoms with Crippen molar-refractivity contribution in [3.63, 3.8) is 0 Å². The lowest BCUT2D eigenvalue weighted by Gasteiger charge is -1.97. The van der Waals surface area contributed by atoms with Crippen LogP contribution in [-0.4, -0.2) is 9.97 Å². The van der Waals surface area contributed by atoms with Crippen molar-refractivity contribution in [2.45, 2.75) is 6.92 Å². The lowest BCUT2D eigenvalue weighted by molar-refractivity contribution is 1.16. The number of rotatable bonds is 1. The van der Waals surface area contributed by atoms with E-state index in [-0.39, 0.29) is 0 Å². The van der Waals surface area contributed by atoms with Gasteiger partial charge in [-0.3, -0.25) is 0 Å². The highest BCUT2D eigenvalue weighted by Gasteiger charge is 2.10. The summed E-state index contributed by atoms with van der Waals surface area (Å²) in [5.41, 5.74) is 2.33. The Kier molecular flexibility index (Phi) is 2.04. The Hall–Kier alpha value is -1.26. The number of hydrogen-bond donors (Lipinski definition) is 0. The summed E-state index contributed by atoms with van der Waals surface area (Å²) >= 11 is 3.44. The molecule has 0 saturated heterocycles. The molecule has 0 bridgehead atoms. The molecular weight excluding hydrogens is 224 g/mol. The van der Waals surface area contributed by atoms with Gasteiger partial charge in [-0.05, 0) is 18.4 Å². The van der Waals surface area contributed by atoms with E-state index in [0.29, 0.717) is 0 Å². The Morgan fingerprint density at radius 3 is 2.93 bits per heavy atom. The van der Waals surface area contributed by atoms with Crippen LogP contribution in [0.4, 0.5) is 0 Å². The first-order chi connectivity index (χ1) is 7.36. The Bertz CT molecular complexity index is 596. The van der Waals surface area contributed by atoms with E-state index in [1.807, 2.05) is 6.92 Å². The fourth-order valence-corrected chi connectivity index (χ4v) is 3.42. The molecule has 0 saturated carbocycles. The lowest BCUT2D eigenvalue weighted by atomic mass is 10.1. The third kappa shape index (κ3) is 1.37. The quantitative estimate of drug-likeness (QED) is 0.639. The van der Waals surface area contributed by atoms with Crippen molar-refractivity contribution in [3.8, 4) is 10.4 Å². The molecule has 0 aliphatic rings. The van der Waals surface area contributed by atoms with Crippen LogP contribution in [0.3, 0.4) is 0 Å². The normalized spacial score (nSPS) is 11.0. The van der Waals surface area contributed by atoms with Gasteiger partial charge >= 0.3 is 0 Å². The van der Waals surface area contributed by atoms with Crippen molar-refractivity contribution in [1.82, 2.24) is 9.97 Å². The van der Waals surface area contributed by atoms with Crippen molar-refractivity contribution in [3.05, 3.63) is 34.9 Å². The van der Waals surface area contributed by atoms with Crippen molar-refractivity contribution in [2.24, 2.45) is 0 Å². The minimum atomic E-state index is 1.06. The second-order valence-electron chi connectivity index (χ2n) is 3.27. The predicted octanol–water partition coefficient (Wildman–Crippen LogP) is 3.73. The Labute approximate surface area is 95.3 Å². The third-order valence-corrected chi connectivity index (χ3v) is 4.14. The molecule has 0 N–H and O–H groups in total. The lowest BCUT2D eigenvalue weighted by Crippen LogP contribution is -1.83. The largest absolute Gasteiger partial charge is 0.241 e. The van der Waals surface area contributed by atoms with Crippen LogP contribution in [0.25, 0.3) is 20.7 Å². The van der Waals surface area contributed by atoms with E-state index in [1.54, 1.807) is 29.0 Å². The van der Waals surface area contributed by atoms with Crippen LogP contribution in [-0.2, 0) is 0 Å². The molecular formula is C11H8N2S2. The fourth-order valence-electron chi connectivity index (χ4n) is 1.64. The molecule has 0 aliphatic heterocycles. The Balaban J connectivity index is 2.37. The first-order valence-corrected chi connectivity index (χ1v) is 6.35. The summed E-state index contributed by atoms with van der Waals surface area (Å²) in [5.74, 6) is 0. The van der Waals surface area contributed by atoms with Gasteiger partial charge in [0.1, 0.15) is 11.2 Å². The van der Waals surface area contributed by atoms with Gasteiger partial charge in [0.25, 0.3) is 0 Å². The van der Waals surface area contributed by atoms with Gasteiger partial charge in [-0.15, -0.1) is 22.7 Å². The van der Waals surface area contributed by atoms with Gasteiger partial charge in [0, 0.05) is 21.2 Å². The van der Waals surface area contributed by atoms with E-state index in [0.717, 1.165) is 10.5 Å². The average molecular weight is 232 g/mol. The molecule has 3 heterocycles. The smallest absolute Gasteiger partial charge is 0.127 e. The average Bonchev–Trinajstić information content (AvgIpc) is 2.85. The molecule has 0 atom stereocenters. The molecule has 3 rings (SSSR count). The van der Waals surface area contributed by atoms with Crippen LogP contribution in [0, 0.1) is 6.92 Å². The van der Waals surface area contributed by atoms with E-state index < -0.39 is 0 Å². The van der Waals surface area contributed by atoms with Crippen LogP contribution in [0.15, 0.2) is 29.2 Å². The molecule has 3 aromatic heterocycles. The minimum absolute atomic E-state index is 1.06. The molecule has 0 unspecified atom stereocenters. The van der Waals surface area contributed by atoms with Crippen LogP contribution in [0.1, 0.15) is 5.69 Å². The molecule has 3 aromatic rings. The van der Waals surface area contributed by atoms with Crippen molar-refractivity contribution in [1.29, 1.82) is 0 Å². The number of hydrogen-bond acceptors (Lipinski definition) is 4. The van der Waals surface area contributed by atoms with E-state index in [9.17, 15) is 0 Å². The zero-order chi connectivity index (χ0) is 10.3. The van der Waals surface area contributed by atoms with Crippen molar-refractivity contribution < 1.29 is 0 Å². The molecule has 74 valence electrons. The Morgan fingerprint density at radius 1 is 1.20 bits per heavy atom. The number of nitrogens with zero attached hydrogens (tertiary/aromatic N) is 2. The topological polar surface area (TPSA) is 25.8 Å². The van der Waals surface area contributed by atoms with Crippen LogP contribution < -0.4 is 0 Å². The Morgan fingerprint density at radius 2 is 2.13 bits per heavy atom. The maximum atomic E-state index is 4.28. The number of fused-ring (bicyclic) bond motifs is 1. The van der Waals surface area contributed by atoms with Gasteiger partial charge in [0.2, 0.25) is 0 Å². The summed E-state index contributed by atoms with van der Waals surface area (Å²) in [7, 11) is 0. The molecule has 15 heavy (non-hydrogen) atoms. The first kappa shape index (κ1) is 9.00. The van der Waals surface area contributed by atoms with E-state index >= 15 is 0 Å². The van der Waals surface area contributed by atoms with Gasteiger partial charge < -0.3 is 0 Å². The van der Waals surface area contributed by atoms with Crippen molar-refractivity contribution >= 4 is 32.9 Å². The highest BCUT2D eigenvalue weighted by Crippen LogP contribution is 2.36. The molecule has 0 spiro atoms. The number of thiophene rings is 2. The number of aromatic nitrogens is 2. The maximum absolute atomic E-state index is 4.28. The molecule has 0 aliphatic carbocycles. The van der Waals surface area contributed by atoms with Gasteiger partial charge in [-0.25, -0.2) is 9.97 Å². The SMILES string of the molecule is Cc1ncnc2scc(-c3cccs3)c12. The van der Waals surface area contributed by atoms with Crippen LogP contribution >= 0.6 is 22.7 Å². The van der Waals surface area contributed by atoms with Gasteiger partial charge in [0.05, 0.1) is 5.69 Å².